The van der Waals surface area contributed by atoms with E-state index < -0.39 is 6.04 Å². The van der Waals surface area contributed by atoms with Gasteiger partial charge in [0.25, 0.3) is 5.91 Å². The van der Waals surface area contributed by atoms with Crippen LogP contribution in [0.1, 0.15) is 40.9 Å². The van der Waals surface area contributed by atoms with E-state index in [2.05, 4.69) is 5.32 Å². The van der Waals surface area contributed by atoms with Crippen LogP contribution in [0.15, 0.2) is 41.8 Å². The molecule has 0 bridgehead atoms. The Morgan fingerprint density at radius 1 is 1.11 bits per heavy atom. The molecule has 3 amide bonds. The van der Waals surface area contributed by atoms with Gasteiger partial charge in [-0.1, -0.05) is 18.2 Å². The SMILES string of the molecule is O=C(NCc1ccc(N2CCCC2=O)cc1)[C@@H]1CCCN1C(=O)c1cccs1. The Balaban J connectivity index is 1.34. The van der Waals surface area contributed by atoms with Crippen LogP contribution < -0.4 is 10.2 Å². The molecule has 2 aliphatic rings. The second-order valence-corrected chi connectivity index (χ2v) is 8.11. The van der Waals surface area contributed by atoms with Gasteiger partial charge in [-0.2, -0.15) is 0 Å². The fourth-order valence-corrected chi connectivity index (χ4v) is 4.52. The highest BCUT2D eigenvalue weighted by Crippen LogP contribution is 2.23. The molecule has 146 valence electrons. The second-order valence-electron chi connectivity index (χ2n) is 7.17. The summed E-state index contributed by atoms with van der Waals surface area (Å²) in [5.74, 6) is -0.00808. The normalized spacial score (nSPS) is 19.3. The van der Waals surface area contributed by atoms with Crippen molar-refractivity contribution in [3.8, 4) is 0 Å². The molecule has 1 aromatic carbocycles. The highest BCUT2D eigenvalue weighted by atomic mass is 32.1. The van der Waals surface area contributed by atoms with Crippen LogP contribution in [0.2, 0.25) is 0 Å². The minimum atomic E-state index is -0.406. The fraction of sp³-hybridized carbons (Fsp3) is 0.381. The number of hydrogen-bond acceptors (Lipinski definition) is 4. The molecule has 28 heavy (non-hydrogen) atoms. The van der Waals surface area contributed by atoms with E-state index in [1.807, 2.05) is 35.7 Å². The Morgan fingerprint density at radius 2 is 1.93 bits per heavy atom. The highest BCUT2D eigenvalue weighted by Gasteiger charge is 2.34. The first-order chi connectivity index (χ1) is 13.6. The number of likely N-dealkylation sites (tertiary alicyclic amines) is 1. The quantitative estimate of drug-likeness (QED) is 0.843. The Kier molecular flexibility index (Phi) is 5.43. The molecule has 4 rings (SSSR count). The van der Waals surface area contributed by atoms with E-state index in [0.29, 0.717) is 30.8 Å². The monoisotopic (exact) mass is 397 g/mol. The van der Waals surface area contributed by atoms with Gasteiger partial charge in [0.15, 0.2) is 0 Å². The van der Waals surface area contributed by atoms with Gasteiger partial charge in [-0.05, 0) is 48.4 Å². The van der Waals surface area contributed by atoms with E-state index in [9.17, 15) is 14.4 Å². The van der Waals surface area contributed by atoms with Crippen molar-refractivity contribution < 1.29 is 14.4 Å². The third-order valence-electron chi connectivity index (χ3n) is 5.34. The van der Waals surface area contributed by atoms with E-state index in [0.717, 1.165) is 30.6 Å². The number of nitrogens with one attached hydrogen (secondary N) is 1. The minimum Gasteiger partial charge on any atom is -0.350 e. The Hall–Kier alpha value is -2.67. The molecule has 2 fully saturated rings. The van der Waals surface area contributed by atoms with Crippen molar-refractivity contribution in [2.75, 3.05) is 18.0 Å². The maximum Gasteiger partial charge on any atom is 0.264 e. The van der Waals surface area contributed by atoms with Crippen molar-refractivity contribution in [1.82, 2.24) is 10.2 Å². The minimum absolute atomic E-state index is 0.0627. The Bertz CT molecular complexity index is 864. The number of thiophene rings is 1. The lowest BCUT2D eigenvalue weighted by molar-refractivity contribution is -0.125. The topological polar surface area (TPSA) is 69.7 Å². The average molecular weight is 398 g/mol. The zero-order valence-corrected chi connectivity index (χ0v) is 16.4. The van der Waals surface area contributed by atoms with E-state index in [1.165, 1.54) is 11.3 Å². The number of amides is 3. The number of hydrogen-bond donors (Lipinski definition) is 1. The van der Waals surface area contributed by atoms with E-state index in [1.54, 1.807) is 15.9 Å². The van der Waals surface area contributed by atoms with Gasteiger partial charge in [0.1, 0.15) is 6.04 Å². The molecule has 6 nitrogen and oxygen atoms in total. The molecule has 2 aromatic rings. The predicted octanol–water partition coefficient (Wildman–Crippen LogP) is 2.80. The Morgan fingerprint density at radius 3 is 2.61 bits per heavy atom. The summed E-state index contributed by atoms with van der Waals surface area (Å²) >= 11 is 1.40. The van der Waals surface area contributed by atoms with Crippen molar-refractivity contribution in [2.24, 2.45) is 0 Å². The maximum absolute atomic E-state index is 12.7. The highest BCUT2D eigenvalue weighted by molar-refractivity contribution is 7.12. The summed E-state index contributed by atoms with van der Waals surface area (Å²) in [4.78, 5) is 41.3. The van der Waals surface area contributed by atoms with Crippen molar-refractivity contribution in [3.63, 3.8) is 0 Å². The van der Waals surface area contributed by atoms with Crippen LogP contribution in [0, 0.1) is 0 Å². The molecule has 3 heterocycles. The zero-order chi connectivity index (χ0) is 19.5. The molecule has 1 aromatic heterocycles. The fourth-order valence-electron chi connectivity index (χ4n) is 3.85. The molecular weight excluding hydrogens is 374 g/mol. The lowest BCUT2D eigenvalue weighted by atomic mass is 10.1. The van der Waals surface area contributed by atoms with Crippen molar-refractivity contribution >= 4 is 34.7 Å². The first-order valence-electron chi connectivity index (χ1n) is 9.65. The molecule has 0 radical (unpaired) electrons. The molecule has 0 unspecified atom stereocenters. The lowest BCUT2D eigenvalue weighted by Gasteiger charge is -2.23. The van der Waals surface area contributed by atoms with Crippen LogP contribution in [-0.2, 0) is 16.1 Å². The largest absolute Gasteiger partial charge is 0.350 e. The van der Waals surface area contributed by atoms with Crippen molar-refractivity contribution in [1.29, 1.82) is 0 Å². The maximum atomic E-state index is 12.7. The summed E-state index contributed by atoms with van der Waals surface area (Å²) in [6.45, 7) is 1.79. The first kappa shape index (κ1) is 18.7. The molecule has 0 spiro atoms. The van der Waals surface area contributed by atoms with Crippen LogP contribution in [-0.4, -0.2) is 41.8 Å². The number of rotatable bonds is 5. The molecule has 1 atom stereocenters. The summed E-state index contributed by atoms with van der Waals surface area (Å²) in [5.41, 5.74) is 1.87. The first-order valence-corrected chi connectivity index (χ1v) is 10.5. The van der Waals surface area contributed by atoms with Gasteiger partial charge in [-0.25, -0.2) is 0 Å². The van der Waals surface area contributed by atoms with Gasteiger partial charge in [-0.15, -0.1) is 11.3 Å². The van der Waals surface area contributed by atoms with Crippen molar-refractivity contribution in [2.45, 2.75) is 38.3 Å². The number of carbonyl (C=O) groups is 3. The third kappa shape index (κ3) is 3.80. The van der Waals surface area contributed by atoms with Crippen LogP contribution in [0.4, 0.5) is 5.69 Å². The molecule has 0 aliphatic carbocycles. The summed E-state index contributed by atoms with van der Waals surface area (Å²) < 4.78 is 0. The van der Waals surface area contributed by atoms with Gasteiger partial charge in [0.2, 0.25) is 11.8 Å². The molecular formula is C21H23N3O3S. The smallest absolute Gasteiger partial charge is 0.264 e. The Labute approximate surface area is 168 Å². The lowest BCUT2D eigenvalue weighted by Crippen LogP contribution is -2.45. The van der Waals surface area contributed by atoms with E-state index in [4.69, 9.17) is 0 Å². The number of carbonyl (C=O) groups excluding carboxylic acids is 3. The number of benzene rings is 1. The average Bonchev–Trinajstić information content (AvgIpc) is 3.47. The third-order valence-corrected chi connectivity index (χ3v) is 6.19. The molecule has 0 saturated carbocycles. The van der Waals surface area contributed by atoms with Crippen LogP contribution >= 0.6 is 11.3 Å². The van der Waals surface area contributed by atoms with Crippen LogP contribution in [0.3, 0.4) is 0 Å². The van der Waals surface area contributed by atoms with Crippen LogP contribution in [0.5, 0.6) is 0 Å². The molecule has 2 aliphatic heterocycles. The number of nitrogens with zero attached hydrogens (tertiary/aromatic N) is 2. The second kappa shape index (κ2) is 8.14. The van der Waals surface area contributed by atoms with Gasteiger partial charge in [-0.3, -0.25) is 14.4 Å². The molecule has 7 heteroatoms. The summed E-state index contributed by atoms with van der Waals surface area (Å²) in [5, 5.41) is 4.83. The van der Waals surface area contributed by atoms with Crippen LogP contribution in [0.25, 0.3) is 0 Å². The van der Waals surface area contributed by atoms with Gasteiger partial charge in [0.05, 0.1) is 4.88 Å². The summed E-state index contributed by atoms with van der Waals surface area (Å²) in [7, 11) is 0. The molecule has 1 N–H and O–H groups in total. The standard InChI is InChI=1S/C21H23N3O3S/c25-19-6-2-11-23(19)16-9-7-15(8-10-16)14-22-20(26)17-4-1-12-24(17)21(27)18-5-3-13-28-18/h3,5,7-10,13,17H,1-2,4,6,11-12,14H2,(H,22,26)/t17-/m0/s1. The van der Waals surface area contributed by atoms with Gasteiger partial charge in [0, 0.05) is 31.7 Å². The van der Waals surface area contributed by atoms with Crippen molar-refractivity contribution in [3.05, 3.63) is 52.2 Å². The summed E-state index contributed by atoms with van der Waals surface area (Å²) in [6, 6.07) is 11.0. The predicted molar refractivity (Wildman–Crippen MR) is 108 cm³/mol. The number of anilines is 1. The van der Waals surface area contributed by atoms with E-state index >= 15 is 0 Å². The van der Waals surface area contributed by atoms with Gasteiger partial charge < -0.3 is 15.1 Å². The summed E-state index contributed by atoms with van der Waals surface area (Å²) in [6.07, 6.45) is 3.05. The zero-order valence-electron chi connectivity index (χ0n) is 15.6. The van der Waals surface area contributed by atoms with E-state index in [-0.39, 0.29) is 17.7 Å². The van der Waals surface area contributed by atoms with Gasteiger partial charge >= 0.3 is 0 Å². The molecule has 2 saturated heterocycles.